The minimum Gasteiger partial charge on any atom is -0.378 e. The van der Waals surface area contributed by atoms with Crippen molar-refractivity contribution in [3.05, 3.63) is 72.7 Å². The number of aromatic nitrogens is 2. The van der Waals surface area contributed by atoms with Gasteiger partial charge in [0.05, 0.1) is 24.3 Å². The Kier molecular flexibility index (Phi) is 4.01. The van der Waals surface area contributed by atoms with E-state index >= 15 is 0 Å². The SMILES string of the molecule is CCC(Nc1ccc(-c2cnc[nH]2)cc1)c1ccccc1. The molecule has 1 atom stereocenters. The van der Waals surface area contributed by atoms with Gasteiger partial charge in [-0.15, -0.1) is 0 Å². The standard InChI is InChI=1S/C18H19N3/c1-2-17(14-6-4-3-5-7-14)21-16-10-8-15(9-11-16)18-12-19-13-20-18/h3-13,17,21H,2H2,1H3,(H,19,20). The summed E-state index contributed by atoms with van der Waals surface area (Å²) in [6.45, 7) is 2.20. The molecule has 0 saturated heterocycles. The van der Waals surface area contributed by atoms with Crippen LogP contribution in [-0.2, 0) is 0 Å². The highest BCUT2D eigenvalue weighted by molar-refractivity contribution is 5.62. The molecular weight excluding hydrogens is 258 g/mol. The van der Waals surface area contributed by atoms with Crippen LogP contribution < -0.4 is 5.32 Å². The zero-order valence-corrected chi connectivity index (χ0v) is 12.1. The van der Waals surface area contributed by atoms with Gasteiger partial charge >= 0.3 is 0 Å². The third-order valence-electron chi connectivity index (χ3n) is 3.65. The number of imidazole rings is 1. The second-order valence-electron chi connectivity index (χ2n) is 5.06. The van der Waals surface area contributed by atoms with Crippen molar-refractivity contribution in [3.63, 3.8) is 0 Å². The summed E-state index contributed by atoms with van der Waals surface area (Å²) in [5.74, 6) is 0. The van der Waals surface area contributed by atoms with Gasteiger partial charge in [0.1, 0.15) is 0 Å². The largest absolute Gasteiger partial charge is 0.378 e. The monoisotopic (exact) mass is 277 g/mol. The first-order chi connectivity index (χ1) is 10.4. The third kappa shape index (κ3) is 3.14. The summed E-state index contributed by atoms with van der Waals surface area (Å²) in [6.07, 6.45) is 4.58. The van der Waals surface area contributed by atoms with E-state index < -0.39 is 0 Å². The molecular formula is C18H19N3. The summed E-state index contributed by atoms with van der Waals surface area (Å²) >= 11 is 0. The highest BCUT2D eigenvalue weighted by Gasteiger charge is 2.08. The van der Waals surface area contributed by atoms with Gasteiger partial charge in [-0.1, -0.05) is 49.4 Å². The Morgan fingerprint density at radius 1 is 1.05 bits per heavy atom. The fraction of sp³-hybridized carbons (Fsp3) is 0.167. The molecule has 2 N–H and O–H groups in total. The van der Waals surface area contributed by atoms with Gasteiger partial charge < -0.3 is 10.3 Å². The lowest BCUT2D eigenvalue weighted by Crippen LogP contribution is -2.09. The topological polar surface area (TPSA) is 40.7 Å². The maximum Gasteiger partial charge on any atom is 0.0924 e. The summed E-state index contributed by atoms with van der Waals surface area (Å²) < 4.78 is 0. The van der Waals surface area contributed by atoms with Crippen molar-refractivity contribution in [2.24, 2.45) is 0 Å². The normalized spacial score (nSPS) is 12.0. The van der Waals surface area contributed by atoms with Crippen LogP contribution in [0.5, 0.6) is 0 Å². The van der Waals surface area contributed by atoms with E-state index in [1.807, 2.05) is 6.20 Å². The van der Waals surface area contributed by atoms with E-state index in [-0.39, 0.29) is 0 Å². The Hall–Kier alpha value is -2.55. The lowest BCUT2D eigenvalue weighted by atomic mass is 10.0. The molecule has 2 aromatic carbocycles. The first-order valence-electron chi connectivity index (χ1n) is 7.27. The van der Waals surface area contributed by atoms with Crippen molar-refractivity contribution in [3.8, 4) is 11.3 Å². The van der Waals surface area contributed by atoms with E-state index in [1.165, 1.54) is 5.56 Å². The number of rotatable bonds is 5. The van der Waals surface area contributed by atoms with Gasteiger partial charge in [0, 0.05) is 5.69 Å². The number of nitrogens with one attached hydrogen (secondary N) is 2. The summed E-state index contributed by atoms with van der Waals surface area (Å²) in [5.41, 5.74) is 4.63. The van der Waals surface area contributed by atoms with E-state index in [9.17, 15) is 0 Å². The van der Waals surface area contributed by atoms with Crippen molar-refractivity contribution in [1.29, 1.82) is 0 Å². The number of nitrogens with zero attached hydrogens (tertiary/aromatic N) is 1. The van der Waals surface area contributed by atoms with Crippen LogP contribution in [-0.4, -0.2) is 9.97 Å². The van der Waals surface area contributed by atoms with E-state index in [4.69, 9.17) is 0 Å². The van der Waals surface area contributed by atoms with Crippen molar-refractivity contribution in [1.82, 2.24) is 9.97 Å². The molecule has 0 fully saturated rings. The molecule has 3 nitrogen and oxygen atoms in total. The van der Waals surface area contributed by atoms with Gasteiger partial charge in [0.25, 0.3) is 0 Å². The molecule has 1 unspecified atom stereocenters. The minimum absolute atomic E-state index is 0.337. The maximum absolute atomic E-state index is 4.05. The van der Waals surface area contributed by atoms with Crippen LogP contribution in [0.3, 0.4) is 0 Å². The molecule has 1 aromatic heterocycles. The van der Waals surface area contributed by atoms with Gasteiger partial charge in [-0.05, 0) is 29.7 Å². The Labute approximate surface area is 125 Å². The van der Waals surface area contributed by atoms with Crippen LogP contribution in [0.25, 0.3) is 11.3 Å². The molecule has 0 saturated carbocycles. The van der Waals surface area contributed by atoms with Crippen LogP contribution in [0.1, 0.15) is 24.9 Å². The minimum atomic E-state index is 0.337. The van der Waals surface area contributed by atoms with Gasteiger partial charge in [-0.3, -0.25) is 0 Å². The smallest absolute Gasteiger partial charge is 0.0924 e. The molecule has 0 aliphatic carbocycles. The lowest BCUT2D eigenvalue weighted by Gasteiger charge is -2.19. The average Bonchev–Trinajstić information content (AvgIpc) is 3.08. The summed E-state index contributed by atoms with van der Waals surface area (Å²) in [6, 6.07) is 19.3. The Morgan fingerprint density at radius 3 is 2.43 bits per heavy atom. The summed E-state index contributed by atoms with van der Waals surface area (Å²) in [7, 11) is 0. The molecule has 21 heavy (non-hydrogen) atoms. The van der Waals surface area contributed by atoms with Gasteiger partial charge in [-0.2, -0.15) is 0 Å². The number of benzene rings is 2. The van der Waals surface area contributed by atoms with Gasteiger partial charge in [0.15, 0.2) is 0 Å². The molecule has 0 bridgehead atoms. The highest BCUT2D eigenvalue weighted by Crippen LogP contribution is 2.24. The number of H-pyrrole nitrogens is 1. The number of anilines is 1. The van der Waals surface area contributed by atoms with Crippen molar-refractivity contribution >= 4 is 5.69 Å². The van der Waals surface area contributed by atoms with Crippen LogP contribution in [0.15, 0.2) is 67.1 Å². The molecule has 0 spiro atoms. The molecule has 3 rings (SSSR count). The second-order valence-corrected chi connectivity index (χ2v) is 5.06. The third-order valence-corrected chi connectivity index (χ3v) is 3.65. The van der Waals surface area contributed by atoms with Gasteiger partial charge in [-0.25, -0.2) is 4.98 Å². The molecule has 106 valence electrons. The average molecular weight is 277 g/mol. The Balaban J connectivity index is 1.75. The molecule has 0 aliphatic rings. The van der Waals surface area contributed by atoms with E-state index in [2.05, 4.69) is 76.8 Å². The van der Waals surface area contributed by atoms with E-state index in [1.54, 1.807) is 6.33 Å². The van der Waals surface area contributed by atoms with Crippen molar-refractivity contribution < 1.29 is 0 Å². The predicted octanol–water partition coefficient (Wildman–Crippen LogP) is 4.64. The maximum atomic E-state index is 4.05. The number of aromatic amines is 1. The van der Waals surface area contributed by atoms with Crippen LogP contribution in [0.2, 0.25) is 0 Å². The molecule has 0 radical (unpaired) electrons. The van der Waals surface area contributed by atoms with E-state index in [0.717, 1.165) is 23.4 Å². The first kappa shape index (κ1) is 13.4. The fourth-order valence-corrected chi connectivity index (χ4v) is 2.47. The van der Waals surface area contributed by atoms with Crippen LogP contribution in [0, 0.1) is 0 Å². The molecule has 0 aliphatic heterocycles. The van der Waals surface area contributed by atoms with Gasteiger partial charge in [0.2, 0.25) is 0 Å². The molecule has 0 amide bonds. The molecule has 1 heterocycles. The molecule has 3 aromatic rings. The Morgan fingerprint density at radius 2 is 1.81 bits per heavy atom. The van der Waals surface area contributed by atoms with E-state index in [0.29, 0.717) is 6.04 Å². The van der Waals surface area contributed by atoms with Crippen LogP contribution in [0.4, 0.5) is 5.69 Å². The van der Waals surface area contributed by atoms with Crippen molar-refractivity contribution in [2.75, 3.05) is 5.32 Å². The predicted molar refractivity (Wildman–Crippen MR) is 87.1 cm³/mol. The van der Waals surface area contributed by atoms with Crippen LogP contribution >= 0.6 is 0 Å². The zero-order chi connectivity index (χ0) is 14.5. The van der Waals surface area contributed by atoms with Crippen molar-refractivity contribution in [2.45, 2.75) is 19.4 Å². The first-order valence-corrected chi connectivity index (χ1v) is 7.27. The zero-order valence-electron chi connectivity index (χ0n) is 12.1. The molecule has 3 heteroatoms. The summed E-state index contributed by atoms with van der Waals surface area (Å²) in [5, 5.41) is 3.59. The highest BCUT2D eigenvalue weighted by atomic mass is 14.9. The number of hydrogen-bond donors (Lipinski definition) is 2. The Bertz CT molecular complexity index is 657. The number of hydrogen-bond acceptors (Lipinski definition) is 2. The quantitative estimate of drug-likeness (QED) is 0.713. The lowest BCUT2D eigenvalue weighted by molar-refractivity contribution is 0.749. The second kappa shape index (κ2) is 6.27. The fourth-order valence-electron chi connectivity index (χ4n) is 2.47. The summed E-state index contributed by atoms with van der Waals surface area (Å²) in [4.78, 5) is 7.17.